The molecule has 4 aliphatic carbocycles. The summed E-state index contributed by atoms with van der Waals surface area (Å²) in [6, 6.07) is 0. The lowest BCUT2D eigenvalue weighted by molar-refractivity contribution is -0.187. The van der Waals surface area contributed by atoms with E-state index in [0.29, 0.717) is 6.42 Å². The molecule has 0 aromatic carbocycles. The van der Waals surface area contributed by atoms with Crippen LogP contribution >= 0.6 is 0 Å². The lowest BCUT2D eigenvalue weighted by Gasteiger charge is -2.61. The fourth-order valence-electron chi connectivity index (χ4n) is 5.19. The van der Waals surface area contributed by atoms with Crippen molar-refractivity contribution in [3.8, 4) is 0 Å². The summed E-state index contributed by atoms with van der Waals surface area (Å²) in [6.45, 7) is 0. The highest BCUT2D eigenvalue weighted by Gasteiger charge is 2.58. The number of hydrogen-bond donors (Lipinski definition) is 0. The number of methoxy groups -OCH3 is 2. The van der Waals surface area contributed by atoms with Crippen molar-refractivity contribution in [2.24, 2.45) is 17.3 Å². The van der Waals surface area contributed by atoms with E-state index in [4.69, 9.17) is 9.47 Å². The molecule has 0 aliphatic heterocycles. The van der Waals surface area contributed by atoms with E-state index in [1.54, 1.807) is 0 Å². The van der Waals surface area contributed by atoms with Crippen molar-refractivity contribution in [3.63, 3.8) is 0 Å². The lowest BCUT2D eigenvalue weighted by atomic mass is 9.47. The molecule has 4 aliphatic rings. The predicted molar refractivity (Wildman–Crippen MR) is 63.5 cm³/mol. The van der Waals surface area contributed by atoms with Gasteiger partial charge in [0.25, 0.3) is 0 Å². The Hall–Kier alpha value is -0.570. The van der Waals surface area contributed by atoms with Crippen LogP contribution in [0, 0.1) is 17.3 Å². The normalized spacial score (nSPS) is 47.2. The molecule has 0 amide bonds. The Morgan fingerprint density at radius 3 is 2.35 bits per heavy atom. The first-order chi connectivity index (χ1) is 8.09. The van der Waals surface area contributed by atoms with Gasteiger partial charge in [-0.15, -0.1) is 0 Å². The van der Waals surface area contributed by atoms with E-state index in [1.807, 2.05) is 7.11 Å². The summed E-state index contributed by atoms with van der Waals surface area (Å²) >= 11 is 0. The van der Waals surface area contributed by atoms with Crippen LogP contribution in [0.5, 0.6) is 0 Å². The van der Waals surface area contributed by atoms with Crippen molar-refractivity contribution in [1.82, 2.24) is 0 Å². The van der Waals surface area contributed by atoms with Crippen molar-refractivity contribution in [3.05, 3.63) is 0 Å². The fraction of sp³-hybridized carbons (Fsp3) is 0.929. The van der Waals surface area contributed by atoms with Gasteiger partial charge in [-0.1, -0.05) is 0 Å². The minimum Gasteiger partial charge on any atom is -0.469 e. The van der Waals surface area contributed by atoms with Crippen LogP contribution in [-0.4, -0.2) is 25.8 Å². The molecule has 0 saturated heterocycles. The first-order valence-corrected chi connectivity index (χ1v) is 6.71. The molecule has 4 fully saturated rings. The summed E-state index contributed by atoms with van der Waals surface area (Å²) in [6.07, 6.45) is 7.87. The highest BCUT2D eigenvalue weighted by molar-refractivity contribution is 5.70. The van der Waals surface area contributed by atoms with Crippen LogP contribution in [0.25, 0.3) is 0 Å². The second kappa shape index (κ2) is 3.71. The molecule has 17 heavy (non-hydrogen) atoms. The van der Waals surface area contributed by atoms with Gasteiger partial charge in [-0.2, -0.15) is 0 Å². The van der Waals surface area contributed by atoms with Gasteiger partial charge in [-0.3, -0.25) is 4.79 Å². The molecule has 3 nitrogen and oxygen atoms in total. The molecule has 0 radical (unpaired) electrons. The molecule has 4 rings (SSSR count). The number of rotatable bonds is 3. The second-order valence-electron chi connectivity index (χ2n) is 6.60. The van der Waals surface area contributed by atoms with Gasteiger partial charge < -0.3 is 9.47 Å². The zero-order chi connectivity index (χ0) is 12.1. The third-order valence-corrected chi connectivity index (χ3v) is 5.31. The van der Waals surface area contributed by atoms with Gasteiger partial charge in [0.1, 0.15) is 0 Å². The van der Waals surface area contributed by atoms with Crippen LogP contribution in [0.15, 0.2) is 0 Å². The molecule has 0 N–H and O–H groups in total. The average Bonchev–Trinajstić information content (AvgIpc) is 2.26. The first-order valence-electron chi connectivity index (χ1n) is 6.71. The monoisotopic (exact) mass is 238 g/mol. The van der Waals surface area contributed by atoms with Crippen LogP contribution in [0.4, 0.5) is 0 Å². The smallest absolute Gasteiger partial charge is 0.306 e. The van der Waals surface area contributed by atoms with Crippen LogP contribution in [0.2, 0.25) is 0 Å². The Labute approximate surface area is 103 Å². The highest BCUT2D eigenvalue weighted by atomic mass is 16.5. The molecule has 96 valence electrons. The summed E-state index contributed by atoms with van der Waals surface area (Å²) in [5.74, 6) is 1.51. The molecule has 4 saturated carbocycles. The van der Waals surface area contributed by atoms with E-state index < -0.39 is 0 Å². The molecule has 0 aromatic rings. The molecule has 0 spiro atoms. The van der Waals surface area contributed by atoms with Crippen molar-refractivity contribution in [2.45, 2.75) is 50.5 Å². The molecule has 3 heteroatoms. The second-order valence-corrected chi connectivity index (χ2v) is 6.60. The largest absolute Gasteiger partial charge is 0.469 e. The Morgan fingerprint density at radius 1 is 1.18 bits per heavy atom. The SMILES string of the molecule is COC(=O)CC12CC3CC(C1)CC(OC)(C3)C2. The maximum Gasteiger partial charge on any atom is 0.306 e. The molecule has 0 aromatic heterocycles. The third-order valence-electron chi connectivity index (χ3n) is 5.31. The Kier molecular flexibility index (Phi) is 2.51. The van der Waals surface area contributed by atoms with Crippen molar-refractivity contribution < 1.29 is 14.3 Å². The van der Waals surface area contributed by atoms with E-state index in [-0.39, 0.29) is 17.0 Å². The van der Waals surface area contributed by atoms with Crippen LogP contribution in [0.1, 0.15) is 44.9 Å². The number of carbonyl (C=O) groups is 1. The minimum absolute atomic E-state index is 0.0433. The Morgan fingerprint density at radius 2 is 1.82 bits per heavy atom. The number of carbonyl (C=O) groups excluding carboxylic acids is 1. The van der Waals surface area contributed by atoms with Gasteiger partial charge in [0.05, 0.1) is 19.1 Å². The standard InChI is InChI=1S/C14H22O3/c1-16-12(15)8-13-4-10-3-11(5-13)7-14(6-10,9-13)17-2/h10-11H,3-9H2,1-2H3. The molecule has 2 unspecified atom stereocenters. The third kappa shape index (κ3) is 1.79. The Bertz CT molecular complexity index is 322. The van der Waals surface area contributed by atoms with Gasteiger partial charge in [0, 0.05) is 7.11 Å². The average molecular weight is 238 g/mol. The van der Waals surface area contributed by atoms with E-state index in [1.165, 1.54) is 39.2 Å². The highest BCUT2D eigenvalue weighted by Crippen LogP contribution is 2.63. The Balaban J connectivity index is 1.84. The van der Waals surface area contributed by atoms with Crippen LogP contribution in [-0.2, 0) is 14.3 Å². The quantitative estimate of drug-likeness (QED) is 0.709. The zero-order valence-corrected chi connectivity index (χ0v) is 10.8. The summed E-state index contributed by atoms with van der Waals surface area (Å²) in [5.41, 5.74) is 0.269. The lowest BCUT2D eigenvalue weighted by Crippen LogP contribution is -2.56. The molecule has 4 bridgehead atoms. The van der Waals surface area contributed by atoms with Gasteiger partial charge in [-0.25, -0.2) is 0 Å². The summed E-state index contributed by atoms with van der Waals surface area (Å²) in [7, 11) is 3.34. The van der Waals surface area contributed by atoms with Crippen molar-refractivity contribution in [1.29, 1.82) is 0 Å². The molecule has 0 heterocycles. The maximum atomic E-state index is 11.6. The summed E-state index contributed by atoms with van der Waals surface area (Å²) < 4.78 is 10.7. The number of esters is 1. The van der Waals surface area contributed by atoms with Gasteiger partial charge >= 0.3 is 5.97 Å². The number of ether oxygens (including phenoxy) is 2. The summed E-state index contributed by atoms with van der Waals surface area (Å²) in [4.78, 5) is 11.6. The number of hydrogen-bond acceptors (Lipinski definition) is 3. The molecular weight excluding hydrogens is 216 g/mol. The van der Waals surface area contributed by atoms with Crippen molar-refractivity contribution in [2.75, 3.05) is 14.2 Å². The maximum absolute atomic E-state index is 11.6. The van der Waals surface area contributed by atoms with Crippen molar-refractivity contribution >= 4 is 5.97 Å². The van der Waals surface area contributed by atoms with Gasteiger partial charge in [0.2, 0.25) is 0 Å². The van der Waals surface area contributed by atoms with Gasteiger partial charge in [0.15, 0.2) is 0 Å². The van der Waals surface area contributed by atoms with E-state index in [2.05, 4.69) is 0 Å². The van der Waals surface area contributed by atoms with E-state index in [0.717, 1.165) is 18.3 Å². The molecular formula is C14H22O3. The minimum atomic E-state index is -0.0433. The first kappa shape index (κ1) is 11.5. The van der Waals surface area contributed by atoms with E-state index in [9.17, 15) is 4.79 Å². The van der Waals surface area contributed by atoms with Gasteiger partial charge in [-0.05, 0) is 55.8 Å². The molecule has 2 atom stereocenters. The van der Waals surface area contributed by atoms with E-state index >= 15 is 0 Å². The zero-order valence-electron chi connectivity index (χ0n) is 10.8. The fourth-order valence-corrected chi connectivity index (χ4v) is 5.19. The van der Waals surface area contributed by atoms with Crippen LogP contribution < -0.4 is 0 Å². The summed E-state index contributed by atoms with van der Waals surface area (Å²) in [5, 5.41) is 0. The predicted octanol–water partition coefficient (Wildman–Crippen LogP) is 2.53. The van der Waals surface area contributed by atoms with Crippen LogP contribution in [0.3, 0.4) is 0 Å². The topological polar surface area (TPSA) is 35.5 Å².